The highest BCUT2D eigenvalue weighted by molar-refractivity contribution is 6.45. The van der Waals surface area contributed by atoms with Crippen LogP contribution in [-0.2, 0) is 16.0 Å². The van der Waals surface area contributed by atoms with Gasteiger partial charge in [-0.1, -0.05) is 29.3 Å². The van der Waals surface area contributed by atoms with Crippen molar-refractivity contribution in [3.8, 4) is 11.1 Å². The molecule has 0 atom stereocenters. The van der Waals surface area contributed by atoms with E-state index in [1.165, 1.54) is 0 Å². The minimum Gasteiger partial charge on any atom is -0.465 e. The number of H-pyrrole nitrogens is 1. The molecule has 1 aromatic carbocycles. The second kappa shape index (κ2) is 7.82. The first-order valence-electron chi connectivity index (χ1n) is 7.72. The fourth-order valence-corrected chi connectivity index (χ4v) is 2.91. The maximum atomic E-state index is 11.1. The number of aromatic amines is 1. The Kier molecular flexibility index (Phi) is 5.53. The van der Waals surface area contributed by atoms with Gasteiger partial charge in [0.15, 0.2) is 0 Å². The molecule has 0 bridgehead atoms. The normalized spacial score (nSPS) is 11.0. The Morgan fingerprint density at radius 1 is 1.32 bits per heavy atom. The Bertz CT molecular complexity index is 897. The van der Waals surface area contributed by atoms with Crippen molar-refractivity contribution in [3.63, 3.8) is 0 Å². The van der Waals surface area contributed by atoms with Crippen molar-refractivity contribution in [3.05, 3.63) is 46.3 Å². The van der Waals surface area contributed by atoms with Gasteiger partial charge < -0.3 is 10.5 Å². The van der Waals surface area contributed by atoms with Crippen molar-refractivity contribution in [1.82, 2.24) is 15.2 Å². The number of carbonyl (C=O) groups is 1. The topological polar surface area (TPSA) is 93.9 Å². The molecule has 0 aliphatic heterocycles. The molecule has 0 saturated carbocycles. The van der Waals surface area contributed by atoms with Crippen LogP contribution in [0.3, 0.4) is 0 Å². The van der Waals surface area contributed by atoms with Gasteiger partial charge in [0.05, 0.1) is 34.9 Å². The lowest BCUT2D eigenvalue weighted by Gasteiger charge is -2.11. The highest BCUT2D eigenvalue weighted by atomic mass is 35.5. The van der Waals surface area contributed by atoms with Crippen LogP contribution in [0.1, 0.15) is 12.1 Å². The number of benzene rings is 1. The summed E-state index contributed by atoms with van der Waals surface area (Å²) in [4.78, 5) is 15.7. The van der Waals surface area contributed by atoms with Gasteiger partial charge >= 0.3 is 5.97 Å². The number of aromatic nitrogens is 3. The molecule has 6 nitrogen and oxygen atoms in total. The molecule has 3 aromatic rings. The highest BCUT2D eigenvalue weighted by Gasteiger charge is 2.13. The maximum absolute atomic E-state index is 11.1. The molecule has 0 aliphatic rings. The number of nitrogens with zero attached hydrogens (tertiary/aromatic N) is 2. The summed E-state index contributed by atoms with van der Waals surface area (Å²) in [5.41, 5.74) is 8.58. The Morgan fingerprint density at radius 3 is 2.88 bits per heavy atom. The quantitative estimate of drug-likeness (QED) is 0.506. The van der Waals surface area contributed by atoms with Gasteiger partial charge in [-0.15, -0.1) is 0 Å². The van der Waals surface area contributed by atoms with Crippen LogP contribution in [0.2, 0.25) is 10.0 Å². The van der Waals surface area contributed by atoms with Gasteiger partial charge in [0, 0.05) is 22.8 Å². The molecule has 0 spiro atoms. The highest BCUT2D eigenvalue weighted by Crippen LogP contribution is 2.35. The van der Waals surface area contributed by atoms with Gasteiger partial charge in [-0.3, -0.25) is 14.9 Å². The minimum absolute atomic E-state index is 0.118. The molecule has 2 aromatic heterocycles. The van der Waals surface area contributed by atoms with Crippen molar-refractivity contribution in [2.75, 3.05) is 13.2 Å². The van der Waals surface area contributed by atoms with Crippen molar-refractivity contribution >= 4 is 40.1 Å². The Balaban J connectivity index is 1.94. The van der Waals surface area contributed by atoms with E-state index in [9.17, 15) is 4.79 Å². The van der Waals surface area contributed by atoms with Crippen LogP contribution in [0.4, 0.5) is 0 Å². The van der Waals surface area contributed by atoms with Crippen LogP contribution >= 0.6 is 23.2 Å². The van der Waals surface area contributed by atoms with Crippen molar-refractivity contribution in [1.29, 1.82) is 0 Å². The zero-order valence-electron chi connectivity index (χ0n) is 13.3. The molecule has 3 rings (SSSR count). The second-order valence-electron chi connectivity index (χ2n) is 5.43. The van der Waals surface area contributed by atoms with Crippen LogP contribution in [0.15, 0.2) is 30.6 Å². The molecule has 0 fully saturated rings. The van der Waals surface area contributed by atoms with Crippen LogP contribution < -0.4 is 5.73 Å². The molecule has 0 amide bonds. The fourth-order valence-electron chi connectivity index (χ4n) is 2.55. The fraction of sp³-hybridized carbons (Fsp3) is 0.235. The van der Waals surface area contributed by atoms with E-state index in [4.69, 9.17) is 33.7 Å². The van der Waals surface area contributed by atoms with Gasteiger partial charge in [0.25, 0.3) is 0 Å². The lowest BCUT2D eigenvalue weighted by molar-refractivity contribution is -0.141. The predicted molar refractivity (Wildman–Crippen MR) is 97.7 cm³/mol. The number of esters is 1. The lowest BCUT2D eigenvalue weighted by atomic mass is 10.0. The van der Waals surface area contributed by atoms with Crippen molar-refractivity contribution in [2.45, 2.75) is 12.8 Å². The van der Waals surface area contributed by atoms with E-state index >= 15 is 0 Å². The first-order valence-corrected chi connectivity index (χ1v) is 8.48. The van der Waals surface area contributed by atoms with Crippen LogP contribution in [0.5, 0.6) is 0 Å². The van der Waals surface area contributed by atoms with Gasteiger partial charge in [0.1, 0.15) is 0 Å². The molecule has 8 heteroatoms. The van der Waals surface area contributed by atoms with Gasteiger partial charge in [-0.05, 0) is 30.5 Å². The molecule has 0 saturated heterocycles. The van der Waals surface area contributed by atoms with E-state index in [0.717, 1.165) is 22.2 Å². The van der Waals surface area contributed by atoms with Crippen LogP contribution in [0.25, 0.3) is 22.0 Å². The smallest absolute Gasteiger partial charge is 0.319 e. The first-order chi connectivity index (χ1) is 12.1. The number of nitrogens with two attached hydrogens (primary N) is 1. The Labute approximate surface area is 154 Å². The lowest BCUT2D eigenvalue weighted by Crippen LogP contribution is -2.17. The van der Waals surface area contributed by atoms with Crippen LogP contribution in [-0.4, -0.2) is 34.3 Å². The third-order valence-electron chi connectivity index (χ3n) is 3.74. The monoisotopic (exact) mass is 378 g/mol. The summed E-state index contributed by atoms with van der Waals surface area (Å²) in [6.45, 7) is 0.174. The molecule has 130 valence electrons. The third-order valence-corrected chi connectivity index (χ3v) is 4.54. The summed E-state index contributed by atoms with van der Waals surface area (Å²) >= 11 is 12.5. The third kappa shape index (κ3) is 3.92. The van der Waals surface area contributed by atoms with E-state index in [-0.39, 0.29) is 6.54 Å². The van der Waals surface area contributed by atoms with E-state index in [2.05, 4.69) is 15.2 Å². The summed E-state index contributed by atoms with van der Waals surface area (Å²) in [7, 11) is 0. The number of pyridine rings is 1. The molecular weight excluding hydrogens is 363 g/mol. The van der Waals surface area contributed by atoms with E-state index in [1.807, 2.05) is 18.3 Å². The number of carbonyl (C=O) groups excluding carboxylic acids is 1. The van der Waals surface area contributed by atoms with Gasteiger partial charge in [0.2, 0.25) is 0 Å². The summed E-state index contributed by atoms with van der Waals surface area (Å²) < 4.78 is 4.99. The molecule has 3 N–H and O–H groups in total. The summed E-state index contributed by atoms with van der Waals surface area (Å²) in [5, 5.41) is 8.58. The van der Waals surface area contributed by atoms with E-state index in [1.54, 1.807) is 12.3 Å². The number of rotatable bonds is 6. The summed E-state index contributed by atoms with van der Waals surface area (Å²) in [5.74, 6) is -0.416. The minimum atomic E-state index is -0.416. The largest absolute Gasteiger partial charge is 0.465 e. The molecule has 0 aliphatic carbocycles. The number of halogens is 2. The number of ether oxygens (including phenoxy) is 1. The van der Waals surface area contributed by atoms with Gasteiger partial charge in [-0.2, -0.15) is 5.10 Å². The molecule has 25 heavy (non-hydrogen) atoms. The summed E-state index contributed by atoms with van der Waals surface area (Å²) in [6.07, 6.45) is 4.81. The zero-order valence-corrected chi connectivity index (χ0v) is 14.8. The number of hydrogen-bond acceptors (Lipinski definition) is 5. The van der Waals surface area contributed by atoms with Crippen molar-refractivity contribution in [2.24, 2.45) is 5.73 Å². The predicted octanol–water partition coefficient (Wildman–Crippen LogP) is 3.37. The number of aryl methyl sites for hydroxylation is 1. The maximum Gasteiger partial charge on any atom is 0.319 e. The standard InChI is InChI=1S/C17H16Cl2N4O2/c18-14-4-3-12-13(10-8-21-22-9-10)6-11(23-17(12)16(14)19)2-1-5-25-15(24)7-20/h3-4,6,8-9H,1-2,5,7,20H2,(H,21,22). The summed E-state index contributed by atoms with van der Waals surface area (Å²) in [6, 6.07) is 5.64. The Morgan fingerprint density at radius 2 is 2.16 bits per heavy atom. The van der Waals surface area contributed by atoms with Crippen LogP contribution in [0, 0.1) is 0 Å². The SMILES string of the molecule is NCC(=O)OCCCc1cc(-c2cn[nH]c2)c2ccc(Cl)c(Cl)c2n1. The van der Waals surface area contributed by atoms with Gasteiger partial charge in [-0.25, -0.2) is 0 Å². The van der Waals surface area contributed by atoms with E-state index in [0.29, 0.717) is 35.0 Å². The number of hydrogen-bond donors (Lipinski definition) is 2. The van der Waals surface area contributed by atoms with E-state index < -0.39 is 5.97 Å². The first kappa shape index (κ1) is 17.7. The zero-order chi connectivity index (χ0) is 17.8. The number of nitrogens with one attached hydrogen (secondary N) is 1. The average molecular weight is 379 g/mol. The number of fused-ring (bicyclic) bond motifs is 1. The molecule has 0 radical (unpaired) electrons. The Hall–Kier alpha value is -2.15. The molecule has 0 unspecified atom stereocenters. The molecule has 2 heterocycles. The second-order valence-corrected chi connectivity index (χ2v) is 6.22. The average Bonchev–Trinajstić information content (AvgIpc) is 3.15. The molecular formula is C17H16Cl2N4O2. The van der Waals surface area contributed by atoms with Crippen molar-refractivity contribution < 1.29 is 9.53 Å².